The van der Waals surface area contributed by atoms with Crippen LogP contribution in [0.2, 0.25) is 19.6 Å². The van der Waals surface area contributed by atoms with Gasteiger partial charge in [-0.15, -0.1) is 6.58 Å². The van der Waals surface area contributed by atoms with Gasteiger partial charge in [-0.3, -0.25) is 4.79 Å². The van der Waals surface area contributed by atoms with Crippen molar-refractivity contribution in [2.75, 3.05) is 7.05 Å². The Labute approximate surface area is 87.5 Å². The molecule has 3 nitrogen and oxygen atoms in total. The van der Waals surface area contributed by atoms with Crippen molar-refractivity contribution in [3.63, 3.8) is 0 Å². The Kier molecular flexibility index (Phi) is 5.08. The van der Waals surface area contributed by atoms with Crippen LogP contribution >= 0.6 is 0 Å². The van der Waals surface area contributed by atoms with Crippen molar-refractivity contribution in [2.24, 2.45) is 0 Å². The Hall–Kier alpha value is -0.613. The molecule has 0 aromatic carbocycles. The van der Waals surface area contributed by atoms with Gasteiger partial charge in [-0.2, -0.15) is 0 Å². The summed E-state index contributed by atoms with van der Waals surface area (Å²) >= 11 is 0. The van der Waals surface area contributed by atoms with Crippen molar-refractivity contribution in [1.29, 1.82) is 0 Å². The first-order valence-corrected chi connectivity index (χ1v) is 8.29. The van der Waals surface area contributed by atoms with Crippen molar-refractivity contribution < 1.29 is 9.90 Å². The first-order valence-electron chi connectivity index (χ1n) is 4.84. The highest BCUT2D eigenvalue weighted by Crippen LogP contribution is 2.16. The van der Waals surface area contributed by atoms with Gasteiger partial charge in [0.2, 0.25) is 0 Å². The fraction of sp³-hybridized carbons (Fsp3) is 0.700. The van der Waals surface area contributed by atoms with E-state index in [1.807, 2.05) is 7.05 Å². The van der Waals surface area contributed by atoms with Crippen molar-refractivity contribution in [3.05, 3.63) is 12.7 Å². The highest BCUT2D eigenvalue weighted by molar-refractivity contribution is 6.73. The topological polar surface area (TPSA) is 40.5 Å². The number of carbonyl (C=O) groups is 1. The zero-order chi connectivity index (χ0) is 11.4. The van der Waals surface area contributed by atoms with Gasteiger partial charge >= 0.3 is 5.97 Å². The average Bonchev–Trinajstić information content (AvgIpc) is 2.00. The second kappa shape index (κ2) is 5.31. The summed E-state index contributed by atoms with van der Waals surface area (Å²) in [6, 6.07) is 0.0941. The summed E-state index contributed by atoms with van der Waals surface area (Å²) in [6.45, 7) is 10.3. The third-order valence-electron chi connectivity index (χ3n) is 2.45. The SMILES string of the molecule is C=CCC(CC(=O)O)N(C)[Si](C)(C)C. The molecule has 14 heavy (non-hydrogen) atoms. The van der Waals surface area contributed by atoms with E-state index in [0.29, 0.717) is 0 Å². The molecular formula is C10H21NO2Si. The van der Waals surface area contributed by atoms with E-state index in [0.717, 1.165) is 6.42 Å². The Morgan fingerprint density at radius 3 is 2.36 bits per heavy atom. The first-order chi connectivity index (χ1) is 6.29. The minimum absolute atomic E-state index is 0.0941. The molecule has 0 amide bonds. The fourth-order valence-electron chi connectivity index (χ4n) is 1.32. The Morgan fingerprint density at radius 1 is 1.57 bits per heavy atom. The van der Waals surface area contributed by atoms with Gasteiger partial charge in [0.15, 0.2) is 0 Å². The minimum Gasteiger partial charge on any atom is -0.481 e. The van der Waals surface area contributed by atoms with Gasteiger partial charge in [-0.25, -0.2) is 0 Å². The van der Waals surface area contributed by atoms with E-state index in [2.05, 4.69) is 30.8 Å². The van der Waals surface area contributed by atoms with E-state index >= 15 is 0 Å². The van der Waals surface area contributed by atoms with Crippen molar-refractivity contribution in [3.8, 4) is 0 Å². The zero-order valence-electron chi connectivity index (χ0n) is 9.58. The molecule has 0 aromatic heterocycles. The number of rotatable bonds is 6. The van der Waals surface area contributed by atoms with Gasteiger partial charge in [-0.1, -0.05) is 25.7 Å². The minimum atomic E-state index is -1.41. The molecule has 0 rings (SSSR count). The third kappa shape index (κ3) is 4.57. The van der Waals surface area contributed by atoms with Gasteiger partial charge < -0.3 is 9.67 Å². The molecule has 1 N–H and O–H groups in total. The largest absolute Gasteiger partial charge is 0.481 e. The summed E-state index contributed by atoms with van der Waals surface area (Å²) in [6.07, 6.45) is 2.74. The second-order valence-electron chi connectivity index (χ2n) is 4.56. The predicted octanol–water partition coefficient (Wildman–Crippen LogP) is 2.17. The summed E-state index contributed by atoms with van der Waals surface area (Å²) in [5, 5.41) is 8.78. The first kappa shape index (κ1) is 13.4. The van der Waals surface area contributed by atoms with Crippen LogP contribution in [0, 0.1) is 0 Å². The molecule has 0 spiro atoms. The van der Waals surface area contributed by atoms with Crippen LogP contribution in [0.4, 0.5) is 0 Å². The summed E-state index contributed by atoms with van der Waals surface area (Å²) in [7, 11) is 0.612. The number of carboxylic acid groups (broad SMARTS) is 1. The Bertz CT molecular complexity index is 211. The highest BCUT2D eigenvalue weighted by Gasteiger charge is 2.27. The zero-order valence-corrected chi connectivity index (χ0v) is 10.6. The average molecular weight is 215 g/mol. The van der Waals surface area contributed by atoms with Crippen LogP contribution in [-0.2, 0) is 4.79 Å². The van der Waals surface area contributed by atoms with Crippen molar-refractivity contribution in [2.45, 2.75) is 38.5 Å². The molecular weight excluding hydrogens is 194 g/mol. The third-order valence-corrected chi connectivity index (χ3v) is 4.94. The van der Waals surface area contributed by atoms with Crippen LogP contribution in [0.3, 0.4) is 0 Å². The van der Waals surface area contributed by atoms with E-state index in [1.165, 1.54) is 0 Å². The molecule has 0 saturated heterocycles. The van der Waals surface area contributed by atoms with E-state index in [1.54, 1.807) is 6.08 Å². The normalized spacial score (nSPS) is 14.1. The number of nitrogens with zero attached hydrogens (tertiary/aromatic N) is 1. The number of hydrogen-bond acceptors (Lipinski definition) is 2. The van der Waals surface area contributed by atoms with Crippen LogP contribution in [0.5, 0.6) is 0 Å². The van der Waals surface area contributed by atoms with Crippen LogP contribution in [-0.4, -0.2) is 37.0 Å². The summed E-state index contributed by atoms with van der Waals surface area (Å²) in [5.74, 6) is -0.734. The molecule has 1 atom stereocenters. The van der Waals surface area contributed by atoms with Crippen molar-refractivity contribution in [1.82, 2.24) is 4.57 Å². The fourth-order valence-corrected chi connectivity index (χ4v) is 2.61. The van der Waals surface area contributed by atoms with Crippen LogP contribution in [0.1, 0.15) is 12.8 Å². The lowest BCUT2D eigenvalue weighted by atomic mass is 10.1. The molecule has 0 fully saturated rings. The maximum Gasteiger partial charge on any atom is 0.304 e. The van der Waals surface area contributed by atoms with E-state index in [-0.39, 0.29) is 12.5 Å². The smallest absolute Gasteiger partial charge is 0.304 e. The molecule has 0 aliphatic carbocycles. The van der Waals surface area contributed by atoms with Gasteiger partial charge in [-0.05, 0) is 13.5 Å². The van der Waals surface area contributed by atoms with Crippen LogP contribution < -0.4 is 0 Å². The molecule has 0 radical (unpaired) electrons. The van der Waals surface area contributed by atoms with Gasteiger partial charge in [0.1, 0.15) is 8.24 Å². The lowest BCUT2D eigenvalue weighted by Crippen LogP contribution is -2.49. The quantitative estimate of drug-likeness (QED) is 0.545. The molecule has 82 valence electrons. The highest BCUT2D eigenvalue weighted by atomic mass is 28.3. The molecule has 1 unspecified atom stereocenters. The lowest BCUT2D eigenvalue weighted by Gasteiger charge is -2.36. The summed E-state index contributed by atoms with van der Waals surface area (Å²) < 4.78 is 2.22. The van der Waals surface area contributed by atoms with E-state index in [4.69, 9.17) is 5.11 Å². The van der Waals surface area contributed by atoms with E-state index in [9.17, 15) is 4.79 Å². The molecule has 0 bridgehead atoms. The maximum atomic E-state index is 10.7. The summed E-state index contributed by atoms with van der Waals surface area (Å²) in [4.78, 5) is 10.7. The number of carboxylic acids is 1. The monoisotopic (exact) mass is 215 g/mol. The molecule has 0 aliphatic heterocycles. The van der Waals surface area contributed by atoms with Crippen molar-refractivity contribution >= 4 is 14.2 Å². The van der Waals surface area contributed by atoms with Gasteiger partial charge in [0, 0.05) is 6.04 Å². The molecule has 0 heterocycles. The van der Waals surface area contributed by atoms with Gasteiger partial charge in [0.25, 0.3) is 0 Å². The maximum absolute atomic E-state index is 10.7. The summed E-state index contributed by atoms with van der Waals surface area (Å²) in [5.41, 5.74) is 0. The van der Waals surface area contributed by atoms with E-state index < -0.39 is 14.2 Å². The predicted molar refractivity (Wildman–Crippen MR) is 62.0 cm³/mol. The molecule has 0 aliphatic rings. The molecule has 0 saturated carbocycles. The number of aliphatic carboxylic acids is 1. The second-order valence-corrected chi connectivity index (χ2v) is 9.60. The molecule has 4 heteroatoms. The van der Waals surface area contributed by atoms with Crippen LogP contribution in [0.25, 0.3) is 0 Å². The molecule has 0 aromatic rings. The van der Waals surface area contributed by atoms with Crippen LogP contribution in [0.15, 0.2) is 12.7 Å². The number of hydrogen-bond donors (Lipinski definition) is 1. The van der Waals surface area contributed by atoms with Gasteiger partial charge in [0.05, 0.1) is 6.42 Å². The Balaban J connectivity index is 4.47. The Morgan fingerprint density at radius 2 is 2.07 bits per heavy atom. The standard InChI is InChI=1S/C10H21NO2Si/c1-6-7-9(8-10(12)13)11(2)14(3,4)5/h6,9H,1,7-8H2,2-5H3,(H,12,13). The lowest BCUT2D eigenvalue weighted by molar-refractivity contribution is -0.137.